The second kappa shape index (κ2) is 5.53. The van der Waals surface area contributed by atoms with E-state index >= 15 is 0 Å². The van der Waals surface area contributed by atoms with Gasteiger partial charge in [0, 0.05) is 23.8 Å². The smallest absolute Gasteiger partial charge is 0.309 e. The van der Waals surface area contributed by atoms with Crippen LogP contribution >= 0.6 is 11.6 Å². The molecule has 0 heterocycles. The number of carbonyl (C=O) groups is 2. The molecule has 1 aliphatic rings. The summed E-state index contributed by atoms with van der Waals surface area (Å²) in [7, 11) is 1.39. The van der Waals surface area contributed by atoms with Crippen LogP contribution in [0.5, 0.6) is 0 Å². The van der Waals surface area contributed by atoms with Gasteiger partial charge in [0.15, 0.2) is 0 Å². The van der Waals surface area contributed by atoms with E-state index < -0.39 is 0 Å². The summed E-state index contributed by atoms with van der Waals surface area (Å²) in [5.74, 6) is -0.345. The number of rotatable bonds is 2. The van der Waals surface area contributed by atoms with Crippen molar-refractivity contribution in [1.82, 2.24) is 0 Å². The van der Waals surface area contributed by atoms with Crippen LogP contribution in [0.1, 0.15) is 30.7 Å². The maximum atomic E-state index is 11.8. The van der Waals surface area contributed by atoms with Gasteiger partial charge >= 0.3 is 5.97 Å². The summed E-state index contributed by atoms with van der Waals surface area (Å²) < 4.78 is 4.82. The van der Waals surface area contributed by atoms with Crippen molar-refractivity contribution in [2.24, 2.45) is 5.92 Å². The van der Waals surface area contributed by atoms with Crippen LogP contribution in [0, 0.1) is 5.92 Å². The van der Waals surface area contributed by atoms with Crippen molar-refractivity contribution in [2.45, 2.75) is 25.2 Å². The summed E-state index contributed by atoms with van der Waals surface area (Å²) in [4.78, 5) is 23.4. The molecule has 0 amide bonds. The van der Waals surface area contributed by atoms with Gasteiger partial charge in [0.05, 0.1) is 13.0 Å². The fourth-order valence-corrected chi connectivity index (χ4v) is 2.63. The fraction of sp³-hybridized carbons (Fsp3) is 0.429. The Labute approximate surface area is 111 Å². The Balaban J connectivity index is 2.27. The summed E-state index contributed by atoms with van der Waals surface area (Å²) >= 11 is 5.85. The minimum atomic E-state index is -0.234. The van der Waals surface area contributed by atoms with Crippen LogP contribution in [0.15, 0.2) is 24.3 Å². The van der Waals surface area contributed by atoms with Gasteiger partial charge in [-0.2, -0.15) is 0 Å². The molecule has 0 aliphatic heterocycles. The van der Waals surface area contributed by atoms with E-state index in [2.05, 4.69) is 0 Å². The number of ether oxygens (including phenoxy) is 1. The van der Waals surface area contributed by atoms with Gasteiger partial charge in [0.2, 0.25) is 0 Å². The van der Waals surface area contributed by atoms with Crippen LogP contribution in [0.2, 0.25) is 5.02 Å². The van der Waals surface area contributed by atoms with Gasteiger partial charge < -0.3 is 4.74 Å². The zero-order chi connectivity index (χ0) is 13.1. The van der Waals surface area contributed by atoms with Crippen LogP contribution < -0.4 is 0 Å². The van der Waals surface area contributed by atoms with Crippen LogP contribution in [-0.4, -0.2) is 18.9 Å². The minimum Gasteiger partial charge on any atom is -0.469 e. The SMILES string of the molecule is COC(=O)C1CCC(=O)CC1c1ccc(Cl)cc1. The molecule has 2 rings (SSSR count). The van der Waals surface area contributed by atoms with Gasteiger partial charge in [-0.1, -0.05) is 23.7 Å². The highest BCUT2D eigenvalue weighted by molar-refractivity contribution is 6.30. The number of ketones is 1. The maximum Gasteiger partial charge on any atom is 0.309 e. The first-order valence-electron chi connectivity index (χ1n) is 5.97. The summed E-state index contributed by atoms with van der Waals surface area (Å²) in [6, 6.07) is 7.32. The lowest BCUT2D eigenvalue weighted by molar-refractivity contribution is -0.147. The third-order valence-electron chi connectivity index (χ3n) is 3.47. The first-order valence-corrected chi connectivity index (χ1v) is 6.34. The second-order valence-corrected chi connectivity index (χ2v) is 5.01. The van der Waals surface area contributed by atoms with E-state index in [0.29, 0.717) is 24.3 Å². The molecular weight excluding hydrogens is 252 g/mol. The normalized spacial score (nSPS) is 23.8. The molecule has 1 saturated carbocycles. The van der Waals surface area contributed by atoms with Gasteiger partial charge in [-0.15, -0.1) is 0 Å². The highest BCUT2D eigenvalue weighted by Crippen LogP contribution is 2.37. The Morgan fingerprint density at radius 1 is 1.33 bits per heavy atom. The van der Waals surface area contributed by atoms with Gasteiger partial charge in [0.25, 0.3) is 0 Å². The molecule has 0 aromatic heterocycles. The molecular formula is C14H15ClO3. The summed E-state index contributed by atoms with van der Waals surface area (Å²) in [5.41, 5.74) is 0.975. The number of esters is 1. The number of hydrogen-bond donors (Lipinski definition) is 0. The van der Waals surface area contributed by atoms with Gasteiger partial charge in [-0.05, 0) is 24.1 Å². The molecule has 1 aromatic carbocycles. The van der Waals surface area contributed by atoms with E-state index in [9.17, 15) is 9.59 Å². The Kier molecular flexibility index (Phi) is 4.02. The predicted molar refractivity (Wildman–Crippen MR) is 68.6 cm³/mol. The molecule has 1 aliphatic carbocycles. The van der Waals surface area contributed by atoms with Crippen molar-refractivity contribution in [3.05, 3.63) is 34.9 Å². The topological polar surface area (TPSA) is 43.4 Å². The third-order valence-corrected chi connectivity index (χ3v) is 3.72. The van der Waals surface area contributed by atoms with Crippen LogP contribution in [0.4, 0.5) is 0 Å². The number of carbonyl (C=O) groups excluding carboxylic acids is 2. The van der Waals surface area contributed by atoms with E-state index in [0.717, 1.165) is 5.56 Å². The molecule has 0 radical (unpaired) electrons. The van der Waals surface area contributed by atoms with Crippen molar-refractivity contribution in [3.8, 4) is 0 Å². The highest BCUT2D eigenvalue weighted by atomic mass is 35.5. The average molecular weight is 267 g/mol. The third kappa shape index (κ3) is 2.72. The molecule has 3 nitrogen and oxygen atoms in total. The van der Waals surface area contributed by atoms with E-state index in [1.807, 2.05) is 12.1 Å². The van der Waals surface area contributed by atoms with E-state index in [1.54, 1.807) is 12.1 Å². The lowest BCUT2D eigenvalue weighted by Crippen LogP contribution is -2.30. The van der Waals surface area contributed by atoms with Gasteiger partial charge in [-0.3, -0.25) is 9.59 Å². The Morgan fingerprint density at radius 2 is 2.00 bits per heavy atom. The van der Waals surface area contributed by atoms with E-state index in [1.165, 1.54) is 7.11 Å². The molecule has 0 spiro atoms. The summed E-state index contributed by atoms with van der Waals surface area (Å²) in [6.07, 6.45) is 1.43. The van der Waals surface area contributed by atoms with Crippen molar-refractivity contribution in [1.29, 1.82) is 0 Å². The average Bonchev–Trinajstić information content (AvgIpc) is 2.38. The molecule has 0 bridgehead atoms. The second-order valence-electron chi connectivity index (χ2n) is 4.57. The first kappa shape index (κ1) is 13.1. The van der Waals surface area contributed by atoms with Crippen molar-refractivity contribution < 1.29 is 14.3 Å². The van der Waals surface area contributed by atoms with Crippen LogP contribution in [0.3, 0.4) is 0 Å². The molecule has 4 heteroatoms. The zero-order valence-electron chi connectivity index (χ0n) is 10.2. The molecule has 0 N–H and O–H groups in total. The number of methoxy groups -OCH3 is 1. The van der Waals surface area contributed by atoms with E-state index in [-0.39, 0.29) is 23.6 Å². The molecule has 0 saturated heterocycles. The Hall–Kier alpha value is -1.35. The lowest BCUT2D eigenvalue weighted by atomic mass is 9.75. The number of benzene rings is 1. The minimum absolute atomic E-state index is 0.0871. The van der Waals surface area contributed by atoms with Crippen LogP contribution in [0.25, 0.3) is 0 Å². The molecule has 1 fully saturated rings. The molecule has 18 heavy (non-hydrogen) atoms. The van der Waals surface area contributed by atoms with Crippen molar-refractivity contribution in [3.63, 3.8) is 0 Å². The first-order chi connectivity index (χ1) is 8.61. The van der Waals surface area contributed by atoms with Gasteiger partial charge in [-0.25, -0.2) is 0 Å². The monoisotopic (exact) mass is 266 g/mol. The van der Waals surface area contributed by atoms with E-state index in [4.69, 9.17) is 16.3 Å². The highest BCUT2D eigenvalue weighted by Gasteiger charge is 2.35. The predicted octanol–water partition coefficient (Wildman–Crippen LogP) is 2.97. The number of Topliss-reactive ketones (excluding diaryl/α,β-unsaturated/α-hetero) is 1. The number of halogens is 1. The van der Waals surface area contributed by atoms with Gasteiger partial charge in [0.1, 0.15) is 5.78 Å². The summed E-state index contributed by atoms with van der Waals surface area (Å²) in [6.45, 7) is 0. The fourth-order valence-electron chi connectivity index (χ4n) is 2.50. The quantitative estimate of drug-likeness (QED) is 0.773. The molecule has 2 unspecified atom stereocenters. The van der Waals surface area contributed by atoms with Crippen molar-refractivity contribution >= 4 is 23.4 Å². The zero-order valence-corrected chi connectivity index (χ0v) is 10.9. The Morgan fingerprint density at radius 3 is 2.61 bits per heavy atom. The standard InChI is InChI=1S/C14H15ClO3/c1-18-14(17)12-7-6-11(16)8-13(12)9-2-4-10(15)5-3-9/h2-5,12-13H,6-8H2,1H3. The molecule has 1 aromatic rings. The van der Waals surface area contributed by atoms with Crippen molar-refractivity contribution in [2.75, 3.05) is 7.11 Å². The number of hydrogen-bond acceptors (Lipinski definition) is 3. The maximum absolute atomic E-state index is 11.8. The molecule has 96 valence electrons. The lowest BCUT2D eigenvalue weighted by Gasteiger charge is -2.29. The summed E-state index contributed by atoms with van der Waals surface area (Å²) in [5, 5.41) is 0.649. The van der Waals surface area contributed by atoms with Crippen LogP contribution in [-0.2, 0) is 14.3 Å². The largest absolute Gasteiger partial charge is 0.469 e. The Bertz CT molecular complexity index is 453. The molecule has 2 atom stereocenters.